The lowest BCUT2D eigenvalue weighted by atomic mass is 9.99. The molecule has 17 heavy (non-hydrogen) atoms. The van der Waals surface area contributed by atoms with Gasteiger partial charge in [-0.3, -0.25) is 0 Å². The molecule has 1 aliphatic carbocycles. The lowest BCUT2D eigenvalue weighted by Gasteiger charge is -2.24. The van der Waals surface area contributed by atoms with Crippen LogP contribution >= 0.6 is 0 Å². The van der Waals surface area contributed by atoms with Gasteiger partial charge in [-0.2, -0.15) is 0 Å². The number of ether oxygens (including phenoxy) is 1. The molecule has 0 heterocycles. The maximum absolute atomic E-state index is 6.18. The molecule has 1 aliphatic rings. The van der Waals surface area contributed by atoms with E-state index in [2.05, 4.69) is 38.1 Å². The van der Waals surface area contributed by atoms with Gasteiger partial charge in [-0.1, -0.05) is 36.8 Å². The number of hydrogen-bond acceptors (Lipinski definition) is 2. The van der Waals surface area contributed by atoms with Gasteiger partial charge >= 0.3 is 0 Å². The molecule has 0 saturated heterocycles. The van der Waals surface area contributed by atoms with Crippen molar-refractivity contribution >= 4 is 0 Å². The predicted molar refractivity (Wildman–Crippen MR) is 70.9 cm³/mol. The average Bonchev–Trinajstić information content (AvgIpc) is 3.13. The number of aryl methyl sites for hydroxylation is 1. The number of rotatable bonds is 6. The second-order valence-electron chi connectivity index (χ2n) is 5.18. The fraction of sp³-hybridized carbons (Fsp3) is 0.600. The van der Waals surface area contributed by atoms with Crippen molar-refractivity contribution in [3.8, 4) is 0 Å². The minimum Gasteiger partial charge on any atom is -0.372 e. The Morgan fingerprint density at radius 2 is 2.18 bits per heavy atom. The Kier molecular flexibility index (Phi) is 4.19. The summed E-state index contributed by atoms with van der Waals surface area (Å²) >= 11 is 0. The van der Waals surface area contributed by atoms with Crippen LogP contribution in [-0.2, 0) is 4.74 Å². The Balaban J connectivity index is 2.07. The van der Waals surface area contributed by atoms with Crippen molar-refractivity contribution in [1.82, 2.24) is 0 Å². The fourth-order valence-electron chi connectivity index (χ4n) is 2.05. The quantitative estimate of drug-likeness (QED) is 0.819. The van der Waals surface area contributed by atoms with E-state index in [1.165, 1.54) is 24.0 Å². The van der Waals surface area contributed by atoms with E-state index in [0.717, 1.165) is 18.9 Å². The highest BCUT2D eigenvalue weighted by Gasteiger charge is 2.26. The van der Waals surface area contributed by atoms with Gasteiger partial charge in [-0.25, -0.2) is 0 Å². The summed E-state index contributed by atoms with van der Waals surface area (Å²) in [6, 6.07) is 8.60. The number of hydrogen-bond donors (Lipinski definition) is 1. The molecule has 0 radical (unpaired) electrons. The van der Waals surface area contributed by atoms with E-state index in [9.17, 15) is 0 Å². The molecule has 2 rings (SSSR count). The lowest BCUT2D eigenvalue weighted by molar-refractivity contribution is 0.0268. The van der Waals surface area contributed by atoms with Crippen molar-refractivity contribution in [2.45, 2.75) is 45.3 Å². The molecule has 2 unspecified atom stereocenters. The molecule has 2 heteroatoms. The van der Waals surface area contributed by atoms with Crippen molar-refractivity contribution in [3.63, 3.8) is 0 Å². The molecule has 0 amide bonds. The number of benzene rings is 1. The molecule has 1 saturated carbocycles. The third kappa shape index (κ3) is 3.55. The smallest absolute Gasteiger partial charge is 0.0975 e. The molecule has 2 N–H and O–H groups in total. The zero-order valence-corrected chi connectivity index (χ0v) is 10.9. The standard InChI is InChI=1S/C15H23NO/c1-3-14(16)15(17-10-12-7-8-12)13-6-4-5-11(2)9-13/h4-6,9,12,14-15H,3,7-8,10,16H2,1-2H3. The fourth-order valence-corrected chi connectivity index (χ4v) is 2.05. The topological polar surface area (TPSA) is 35.2 Å². The summed E-state index contributed by atoms with van der Waals surface area (Å²) < 4.78 is 6.03. The van der Waals surface area contributed by atoms with Crippen LogP contribution in [0.5, 0.6) is 0 Å². The van der Waals surface area contributed by atoms with Crippen LogP contribution in [0.15, 0.2) is 24.3 Å². The summed E-state index contributed by atoms with van der Waals surface area (Å²) in [5.74, 6) is 0.784. The minimum atomic E-state index is 0.0560. The molecule has 2 nitrogen and oxygen atoms in total. The van der Waals surface area contributed by atoms with Crippen molar-refractivity contribution < 1.29 is 4.74 Å². The first-order valence-electron chi connectivity index (χ1n) is 6.64. The first-order chi connectivity index (χ1) is 8.20. The van der Waals surface area contributed by atoms with Crippen LogP contribution in [0.25, 0.3) is 0 Å². The van der Waals surface area contributed by atoms with E-state index in [1.54, 1.807) is 0 Å². The summed E-state index contributed by atoms with van der Waals surface area (Å²) in [6.07, 6.45) is 3.65. The highest BCUT2D eigenvalue weighted by atomic mass is 16.5. The molecular formula is C15H23NO. The van der Waals surface area contributed by atoms with Crippen molar-refractivity contribution in [3.05, 3.63) is 35.4 Å². The average molecular weight is 233 g/mol. The highest BCUT2D eigenvalue weighted by molar-refractivity contribution is 5.25. The van der Waals surface area contributed by atoms with Crippen LogP contribution in [0, 0.1) is 12.8 Å². The first-order valence-corrected chi connectivity index (χ1v) is 6.64. The third-order valence-electron chi connectivity index (χ3n) is 3.44. The Labute approximate surface area is 104 Å². The Hall–Kier alpha value is -0.860. The molecule has 1 aromatic rings. The van der Waals surface area contributed by atoms with Gasteiger partial charge in [0.05, 0.1) is 12.7 Å². The molecule has 0 aromatic heterocycles. The summed E-state index contributed by atoms with van der Waals surface area (Å²) in [7, 11) is 0. The van der Waals surface area contributed by atoms with E-state index in [1.807, 2.05) is 0 Å². The molecule has 0 spiro atoms. The largest absolute Gasteiger partial charge is 0.372 e. The molecule has 0 aliphatic heterocycles. The highest BCUT2D eigenvalue weighted by Crippen LogP contribution is 2.32. The minimum absolute atomic E-state index is 0.0560. The Bertz CT molecular complexity index is 360. The van der Waals surface area contributed by atoms with Gasteiger partial charge in [-0.15, -0.1) is 0 Å². The number of nitrogens with two attached hydrogens (primary N) is 1. The second kappa shape index (κ2) is 5.65. The van der Waals surface area contributed by atoms with Gasteiger partial charge in [0.25, 0.3) is 0 Å². The molecule has 1 fully saturated rings. The van der Waals surface area contributed by atoms with Crippen LogP contribution in [0.1, 0.15) is 43.4 Å². The summed E-state index contributed by atoms with van der Waals surface area (Å²) in [5.41, 5.74) is 8.67. The van der Waals surface area contributed by atoms with E-state index in [-0.39, 0.29) is 12.1 Å². The van der Waals surface area contributed by atoms with Gasteiger partial charge in [0.15, 0.2) is 0 Å². The Morgan fingerprint density at radius 1 is 1.41 bits per heavy atom. The zero-order valence-electron chi connectivity index (χ0n) is 10.9. The van der Waals surface area contributed by atoms with Crippen LogP contribution in [-0.4, -0.2) is 12.6 Å². The van der Waals surface area contributed by atoms with Gasteiger partial charge in [0, 0.05) is 6.04 Å². The van der Waals surface area contributed by atoms with E-state index in [4.69, 9.17) is 10.5 Å². The second-order valence-corrected chi connectivity index (χ2v) is 5.18. The summed E-state index contributed by atoms with van der Waals surface area (Å²) in [5, 5.41) is 0. The van der Waals surface area contributed by atoms with Crippen molar-refractivity contribution in [2.75, 3.05) is 6.61 Å². The lowest BCUT2D eigenvalue weighted by Crippen LogP contribution is -2.30. The first kappa shape index (κ1) is 12.6. The SMILES string of the molecule is CCC(N)C(OCC1CC1)c1cccc(C)c1. The monoisotopic (exact) mass is 233 g/mol. The zero-order chi connectivity index (χ0) is 12.3. The van der Waals surface area contributed by atoms with E-state index >= 15 is 0 Å². The van der Waals surface area contributed by atoms with Gasteiger partial charge in [-0.05, 0) is 37.7 Å². The van der Waals surface area contributed by atoms with Gasteiger partial charge < -0.3 is 10.5 Å². The van der Waals surface area contributed by atoms with Crippen LogP contribution < -0.4 is 5.73 Å². The predicted octanol–water partition coefficient (Wildman–Crippen LogP) is 3.20. The van der Waals surface area contributed by atoms with Crippen molar-refractivity contribution in [2.24, 2.45) is 11.7 Å². The van der Waals surface area contributed by atoms with Crippen LogP contribution in [0.3, 0.4) is 0 Å². The molecule has 2 atom stereocenters. The summed E-state index contributed by atoms with van der Waals surface area (Å²) in [6.45, 7) is 5.10. The Morgan fingerprint density at radius 3 is 2.76 bits per heavy atom. The van der Waals surface area contributed by atoms with Gasteiger partial charge in [0.1, 0.15) is 0 Å². The van der Waals surface area contributed by atoms with E-state index in [0.29, 0.717) is 0 Å². The van der Waals surface area contributed by atoms with Gasteiger partial charge in [0.2, 0.25) is 0 Å². The summed E-state index contributed by atoms with van der Waals surface area (Å²) in [4.78, 5) is 0. The molecular weight excluding hydrogens is 210 g/mol. The molecule has 94 valence electrons. The van der Waals surface area contributed by atoms with Crippen LogP contribution in [0.4, 0.5) is 0 Å². The molecule has 1 aromatic carbocycles. The van der Waals surface area contributed by atoms with Crippen LogP contribution in [0.2, 0.25) is 0 Å². The van der Waals surface area contributed by atoms with E-state index < -0.39 is 0 Å². The maximum atomic E-state index is 6.18. The maximum Gasteiger partial charge on any atom is 0.0975 e. The molecule has 0 bridgehead atoms. The van der Waals surface area contributed by atoms with Crippen molar-refractivity contribution in [1.29, 1.82) is 0 Å². The third-order valence-corrected chi connectivity index (χ3v) is 3.44. The normalized spacial score (nSPS) is 19.0.